The summed E-state index contributed by atoms with van der Waals surface area (Å²) in [7, 11) is 1.57. The van der Waals surface area contributed by atoms with Crippen molar-refractivity contribution in [2.24, 2.45) is 0 Å². The molecule has 1 heterocycles. The maximum Gasteiger partial charge on any atom is 0.323 e. The van der Waals surface area contributed by atoms with Crippen molar-refractivity contribution in [1.82, 2.24) is 10.2 Å². The summed E-state index contributed by atoms with van der Waals surface area (Å²) in [4.78, 5) is 12.1. The molecule has 7 heteroatoms. The second-order valence-corrected chi connectivity index (χ2v) is 5.45. The number of amides is 2. The van der Waals surface area contributed by atoms with Crippen LogP contribution in [-0.2, 0) is 0 Å². The normalized spacial score (nSPS) is 10.1. The maximum atomic E-state index is 12.1. The van der Waals surface area contributed by atoms with Crippen LogP contribution in [0.5, 0.6) is 17.4 Å². The van der Waals surface area contributed by atoms with Gasteiger partial charge in [-0.2, -0.15) is 5.10 Å². The topological polar surface area (TPSA) is 85.4 Å². The number of carbonyl (C=O) groups is 1. The molecule has 0 aliphatic carbocycles. The minimum atomic E-state index is -0.351. The zero-order valence-corrected chi connectivity index (χ0v) is 14.4. The van der Waals surface area contributed by atoms with E-state index in [1.54, 1.807) is 61.7 Å². The van der Waals surface area contributed by atoms with Crippen LogP contribution in [-0.4, -0.2) is 23.3 Å². The lowest BCUT2D eigenvalue weighted by Gasteiger charge is -2.09. The first-order valence-electron chi connectivity index (χ1n) is 7.93. The van der Waals surface area contributed by atoms with E-state index >= 15 is 0 Å². The molecule has 0 atom stereocenters. The fourth-order valence-corrected chi connectivity index (χ4v) is 2.16. The molecule has 0 aliphatic rings. The molecule has 7 nitrogen and oxygen atoms in total. The van der Waals surface area contributed by atoms with Crippen molar-refractivity contribution in [2.75, 3.05) is 17.7 Å². The molecule has 0 saturated heterocycles. The molecular weight excluding hydrogens is 332 g/mol. The summed E-state index contributed by atoms with van der Waals surface area (Å²) in [5, 5.41) is 13.4. The average Bonchev–Trinajstić information content (AvgIpc) is 2.65. The van der Waals surface area contributed by atoms with Crippen molar-refractivity contribution in [3.63, 3.8) is 0 Å². The zero-order valence-electron chi connectivity index (χ0n) is 14.4. The van der Waals surface area contributed by atoms with E-state index in [1.165, 1.54) is 0 Å². The number of nitrogens with one attached hydrogen (secondary N) is 2. The second-order valence-electron chi connectivity index (χ2n) is 5.45. The first kappa shape index (κ1) is 17.2. The Labute approximate surface area is 151 Å². The number of hydrogen-bond donors (Lipinski definition) is 2. The monoisotopic (exact) mass is 350 g/mol. The molecule has 2 aromatic carbocycles. The molecule has 0 unspecified atom stereocenters. The molecule has 132 valence electrons. The molecule has 3 aromatic rings. The molecule has 1 aromatic heterocycles. The summed E-state index contributed by atoms with van der Waals surface area (Å²) >= 11 is 0. The summed E-state index contributed by atoms with van der Waals surface area (Å²) in [6, 6.07) is 17.3. The van der Waals surface area contributed by atoms with Crippen LogP contribution in [0.1, 0.15) is 5.69 Å². The van der Waals surface area contributed by atoms with Gasteiger partial charge in [-0.1, -0.05) is 6.07 Å². The third kappa shape index (κ3) is 4.70. The quantitative estimate of drug-likeness (QED) is 0.719. The zero-order chi connectivity index (χ0) is 18.4. The molecule has 2 amide bonds. The predicted octanol–water partition coefficient (Wildman–Crippen LogP) is 4.23. The number of ether oxygens (including phenoxy) is 2. The van der Waals surface area contributed by atoms with Gasteiger partial charge >= 0.3 is 6.03 Å². The fourth-order valence-electron chi connectivity index (χ4n) is 2.16. The minimum absolute atomic E-state index is 0.351. The lowest BCUT2D eigenvalue weighted by molar-refractivity contribution is 0.262. The van der Waals surface area contributed by atoms with Crippen LogP contribution >= 0.6 is 0 Å². The van der Waals surface area contributed by atoms with Crippen molar-refractivity contribution < 1.29 is 14.3 Å². The van der Waals surface area contributed by atoms with E-state index in [2.05, 4.69) is 20.8 Å². The van der Waals surface area contributed by atoms with Crippen LogP contribution in [0, 0.1) is 6.92 Å². The van der Waals surface area contributed by atoms with Gasteiger partial charge in [-0.3, -0.25) is 0 Å². The minimum Gasteiger partial charge on any atom is -0.497 e. The van der Waals surface area contributed by atoms with Gasteiger partial charge in [0.15, 0.2) is 0 Å². The lowest BCUT2D eigenvalue weighted by atomic mass is 10.3. The van der Waals surface area contributed by atoms with Gasteiger partial charge in [-0.15, -0.1) is 5.10 Å². The Balaban J connectivity index is 1.58. The van der Waals surface area contributed by atoms with E-state index in [4.69, 9.17) is 9.47 Å². The summed E-state index contributed by atoms with van der Waals surface area (Å²) in [6.45, 7) is 1.85. The van der Waals surface area contributed by atoms with E-state index < -0.39 is 0 Å². The van der Waals surface area contributed by atoms with E-state index in [-0.39, 0.29) is 6.03 Å². The van der Waals surface area contributed by atoms with Gasteiger partial charge in [-0.05, 0) is 49.4 Å². The standard InChI is InChI=1S/C19H18N4O3/c1-13-6-11-18(23-22-13)26-16-9-7-14(8-10-16)20-19(24)21-15-4-3-5-17(12-15)25-2/h3-12H,1-2H3,(H2,20,21,24). The average molecular weight is 350 g/mol. The molecule has 0 bridgehead atoms. The smallest absolute Gasteiger partial charge is 0.323 e. The highest BCUT2D eigenvalue weighted by atomic mass is 16.5. The Kier molecular flexibility index (Phi) is 5.28. The van der Waals surface area contributed by atoms with Gasteiger partial charge in [0.05, 0.1) is 12.8 Å². The number of anilines is 2. The number of rotatable bonds is 5. The van der Waals surface area contributed by atoms with Crippen LogP contribution in [0.3, 0.4) is 0 Å². The van der Waals surface area contributed by atoms with Crippen molar-refractivity contribution in [3.05, 3.63) is 66.4 Å². The van der Waals surface area contributed by atoms with Crippen molar-refractivity contribution in [2.45, 2.75) is 6.92 Å². The predicted molar refractivity (Wildman–Crippen MR) is 98.9 cm³/mol. The molecular formula is C19H18N4O3. The first-order chi connectivity index (χ1) is 12.6. The lowest BCUT2D eigenvalue weighted by Crippen LogP contribution is -2.19. The number of carbonyl (C=O) groups excluding carboxylic acids is 1. The van der Waals surface area contributed by atoms with Gasteiger partial charge in [-0.25, -0.2) is 4.79 Å². The Hall–Kier alpha value is -3.61. The highest BCUT2D eigenvalue weighted by Gasteiger charge is 2.05. The number of hydrogen-bond acceptors (Lipinski definition) is 5. The largest absolute Gasteiger partial charge is 0.497 e. The van der Waals surface area contributed by atoms with E-state index in [9.17, 15) is 4.79 Å². The number of nitrogens with zero attached hydrogens (tertiary/aromatic N) is 2. The van der Waals surface area contributed by atoms with Gasteiger partial charge in [0, 0.05) is 23.5 Å². The van der Waals surface area contributed by atoms with Gasteiger partial charge in [0.1, 0.15) is 11.5 Å². The number of methoxy groups -OCH3 is 1. The molecule has 26 heavy (non-hydrogen) atoms. The summed E-state index contributed by atoms with van der Waals surface area (Å²) < 4.78 is 10.7. The first-order valence-corrected chi connectivity index (χ1v) is 7.93. The van der Waals surface area contributed by atoms with E-state index in [1.807, 2.05) is 13.0 Å². The molecule has 0 saturated carbocycles. The summed E-state index contributed by atoms with van der Waals surface area (Å²) in [5.41, 5.74) is 2.09. The van der Waals surface area contributed by atoms with Crippen molar-refractivity contribution in [3.8, 4) is 17.4 Å². The number of aromatic nitrogens is 2. The third-order valence-corrected chi connectivity index (χ3v) is 3.44. The molecule has 2 N–H and O–H groups in total. The maximum absolute atomic E-state index is 12.1. The number of benzene rings is 2. The second kappa shape index (κ2) is 7.98. The molecule has 0 fully saturated rings. The Morgan fingerprint density at radius 3 is 2.35 bits per heavy atom. The molecule has 3 rings (SSSR count). The van der Waals surface area contributed by atoms with Crippen molar-refractivity contribution >= 4 is 17.4 Å². The highest BCUT2D eigenvalue weighted by Crippen LogP contribution is 2.21. The van der Waals surface area contributed by atoms with Crippen LogP contribution in [0.25, 0.3) is 0 Å². The van der Waals surface area contributed by atoms with Crippen LogP contribution in [0.15, 0.2) is 60.7 Å². The van der Waals surface area contributed by atoms with Crippen LogP contribution in [0.2, 0.25) is 0 Å². The molecule has 0 aliphatic heterocycles. The van der Waals surface area contributed by atoms with E-state index in [0.717, 1.165) is 5.69 Å². The Morgan fingerprint density at radius 2 is 1.65 bits per heavy atom. The number of aryl methyl sites for hydroxylation is 1. The van der Waals surface area contributed by atoms with E-state index in [0.29, 0.717) is 28.8 Å². The summed E-state index contributed by atoms with van der Waals surface area (Å²) in [5.74, 6) is 1.68. The highest BCUT2D eigenvalue weighted by molar-refractivity contribution is 5.99. The Morgan fingerprint density at radius 1 is 0.885 bits per heavy atom. The SMILES string of the molecule is COc1cccc(NC(=O)Nc2ccc(Oc3ccc(C)nn3)cc2)c1. The van der Waals surface area contributed by atoms with Gasteiger partial charge < -0.3 is 20.1 Å². The van der Waals surface area contributed by atoms with Gasteiger partial charge in [0.25, 0.3) is 0 Å². The third-order valence-electron chi connectivity index (χ3n) is 3.44. The van der Waals surface area contributed by atoms with Crippen LogP contribution < -0.4 is 20.1 Å². The Bertz CT molecular complexity index is 880. The molecule has 0 spiro atoms. The number of urea groups is 1. The molecule has 0 radical (unpaired) electrons. The van der Waals surface area contributed by atoms with Crippen molar-refractivity contribution in [1.29, 1.82) is 0 Å². The van der Waals surface area contributed by atoms with Gasteiger partial charge in [0.2, 0.25) is 5.88 Å². The van der Waals surface area contributed by atoms with Crippen LogP contribution in [0.4, 0.5) is 16.2 Å². The fraction of sp³-hybridized carbons (Fsp3) is 0.105. The summed E-state index contributed by atoms with van der Waals surface area (Å²) in [6.07, 6.45) is 0.